The number of methoxy groups -OCH3 is 1. The van der Waals surface area contributed by atoms with Gasteiger partial charge in [-0.15, -0.1) is 0 Å². The first-order valence-corrected chi connectivity index (χ1v) is 7.31. The van der Waals surface area contributed by atoms with Crippen molar-refractivity contribution in [2.24, 2.45) is 0 Å². The monoisotopic (exact) mass is 318 g/mol. The zero-order valence-electron chi connectivity index (χ0n) is 13.0. The summed E-state index contributed by atoms with van der Waals surface area (Å²) in [6.45, 7) is 1.86. The molecule has 3 rings (SSSR count). The average molecular weight is 318 g/mol. The summed E-state index contributed by atoms with van der Waals surface area (Å²) in [6, 6.07) is 6.81. The Morgan fingerprint density at radius 2 is 2.30 bits per heavy atom. The van der Waals surface area contributed by atoms with E-state index in [0.717, 1.165) is 19.5 Å². The summed E-state index contributed by atoms with van der Waals surface area (Å²) in [7, 11) is 3.60. The third-order valence-corrected chi connectivity index (χ3v) is 3.82. The number of likely N-dealkylation sites (N-methyl/N-ethyl adjacent to an activating group) is 1. The highest BCUT2D eigenvalue weighted by Gasteiger charge is 2.24. The molecule has 0 amide bonds. The lowest BCUT2D eigenvalue weighted by atomic mass is 10.1. The summed E-state index contributed by atoms with van der Waals surface area (Å²) < 4.78 is 16.3. The Balaban J connectivity index is 1.91. The molecule has 1 aliphatic rings. The van der Waals surface area contributed by atoms with Crippen LogP contribution in [-0.2, 0) is 0 Å². The number of likely N-dealkylation sites (tertiary alicyclic amines) is 1. The summed E-state index contributed by atoms with van der Waals surface area (Å²) in [5.41, 5.74) is 1.03. The maximum atomic E-state index is 10.9. The molecule has 1 aliphatic heterocycles. The van der Waals surface area contributed by atoms with Crippen LogP contribution in [-0.4, -0.2) is 54.5 Å². The van der Waals surface area contributed by atoms with Gasteiger partial charge < -0.3 is 24.0 Å². The van der Waals surface area contributed by atoms with E-state index in [2.05, 4.69) is 17.1 Å². The van der Waals surface area contributed by atoms with Gasteiger partial charge in [0.2, 0.25) is 5.76 Å². The third-order valence-electron chi connectivity index (χ3n) is 3.82. The Hall–Kier alpha value is -2.54. The van der Waals surface area contributed by atoms with Crippen molar-refractivity contribution in [3.05, 3.63) is 30.0 Å². The van der Waals surface area contributed by atoms with E-state index in [4.69, 9.17) is 19.1 Å². The molecule has 1 N–H and O–H groups in total. The fourth-order valence-corrected chi connectivity index (χ4v) is 2.69. The van der Waals surface area contributed by atoms with E-state index in [1.807, 2.05) is 12.1 Å². The Bertz CT molecular complexity index is 712. The SMILES string of the molecule is COc1c(OC2CCN(C)C2)cccc1-c1cc(C(=O)O)on1. The lowest BCUT2D eigenvalue weighted by molar-refractivity contribution is 0.0652. The zero-order chi connectivity index (χ0) is 16.4. The van der Waals surface area contributed by atoms with Crippen molar-refractivity contribution < 1.29 is 23.9 Å². The Morgan fingerprint density at radius 3 is 2.91 bits per heavy atom. The second kappa shape index (κ2) is 6.29. The number of carbonyl (C=O) groups is 1. The normalized spacial score (nSPS) is 18.1. The Labute approximate surface area is 133 Å². The molecule has 23 heavy (non-hydrogen) atoms. The van der Waals surface area contributed by atoms with Crippen molar-refractivity contribution in [2.45, 2.75) is 12.5 Å². The van der Waals surface area contributed by atoms with Crippen LogP contribution in [0.4, 0.5) is 0 Å². The molecule has 1 fully saturated rings. The molecule has 1 atom stereocenters. The molecule has 2 heterocycles. The number of carboxylic acids is 1. The number of rotatable bonds is 5. The van der Waals surface area contributed by atoms with Crippen LogP contribution in [0.2, 0.25) is 0 Å². The van der Waals surface area contributed by atoms with Crippen LogP contribution in [0.25, 0.3) is 11.3 Å². The lowest BCUT2D eigenvalue weighted by Gasteiger charge is -2.17. The molecule has 0 radical (unpaired) electrons. The molecule has 7 nitrogen and oxygen atoms in total. The lowest BCUT2D eigenvalue weighted by Crippen LogP contribution is -2.21. The van der Waals surface area contributed by atoms with Crippen molar-refractivity contribution in [3.8, 4) is 22.8 Å². The molecule has 1 saturated heterocycles. The highest BCUT2D eigenvalue weighted by atomic mass is 16.5. The van der Waals surface area contributed by atoms with Crippen molar-refractivity contribution in [3.63, 3.8) is 0 Å². The van der Waals surface area contributed by atoms with Gasteiger partial charge in [0.1, 0.15) is 11.8 Å². The van der Waals surface area contributed by atoms with Gasteiger partial charge in [0, 0.05) is 24.7 Å². The predicted molar refractivity (Wildman–Crippen MR) is 82.0 cm³/mol. The van der Waals surface area contributed by atoms with Gasteiger partial charge in [-0.25, -0.2) is 4.79 Å². The van der Waals surface area contributed by atoms with Crippen LogP contribution in [0.5, 0.6) is 11.5 Å². The molecule has 0 saturated carbocycles. The first kappa shape index (κ1) is 15.4. The fourth-order valence-electron chi connectivity index (χ4n) is 2.69. The molecular weight excluding hydrogens is 300 g/mol. The Morgan fingerprint density at radius 1 is 1.48 bits per heavy atom. The average Bonchev–Trinajstić information content (AvgIpc) is 3.16. The molecule has 2 aromatic rings. The summed E-state index contributed by atoms with van der Waals surface area (Å²) in [5, 5.41) is 12.7. The van der Waals surface area contributed by atoms with Gasteiger partial charge in [-0.1, -0.05) is 11.2 Å². The molecule has 1 aromatic carbocycles. The van der Waals surface area contributed by atoms with Crippen molar-refractivity contribution in [1.82, 2.24) is 10.1 Å². The quantitative estimate of drug-likeness (QED) is 0.904. The molecular formula is C16H18N2O5. The van der Waals surface area contributed by atoms with Gasteiger partial charge >= 0.3 is 5.97 Å². The van der Waals surface area contributed by atoms with Crippen LogP contribution in [0.15, 0.2) is 28.8 Å². The summed E-state index contributed by atoms with van der Waals surface area (Å²) in [6.07, 6.45) is 1.06. The minimum atomic E-state index is -1.16. The maximum Gasteiger partial charge on any atom is 0.374 e. The van der Waals surface area contributed by atoms with E-state index in [-0.39, 0.29) is 11.9 Å². The third kappa shape index (κ3) is 3.14. The number of aromatic nitrogens is 1. The van der Waals surface area contributed by atoms with Gasteiger partial charge in [0.15, 0.2) is 11.5 Å². The topological polar surface area (TPSA) is 85.0 Å². The van der Waals surface area contributed by atoms with Gasteiger partial charge in [-0.05, 0) is 25.6 Å². The van der Waals surface area contributed by atoms with Crippen LogP contribution in [0, 0.1) is 0 Å². The largest absolute Gasteiger partial charge is 0.492 e. The smallest absolute Gasteiger partial charge is 0.374 e. The summed E-state index contributed by atoms with van der Waals surface area (Å²) in [4.78, 5) is 13.1. The van der Waals surface area contributed by atoms with Crippen LogP contribution >= 0.6 is 0 Å². The molecule has 0 bridgehead atoms. The number of nitrogens with zero attached hydrogens (tertiary/aromatic N) is 2. The highest BCUT2D eigenvalue weighted by molar-refractivity contribution is 5.86. The predicted octanol–water partition coefficient (Wildman–Crippen LogP) is 2.13. The number of aromatic carboxylic acids is 1. The summed E-state index contributed by atoms with van der Waals surface area (Å²) >= 11 is 0. The van der Waals surface area contributed by atoms with E-state index in [1.165, 1.54) is 6.07 Å². The molecule has 1 aromatic heterocycles. The number of carboxylic acid groups (broad SMARTS) is 1. The second-order valence-electron chi connectivity index (χ2n) is 5.51. The number of hydrogen-bond acceptors (Lipinski definition) is 6. The van der Waals surface area contributed by atoms with Crippen molar-refractivity contribution >= 4 is 5.97 Å². The van der Waals surface area contributed by atoms with Crippen molar-refractivity contribution in [1.29, 1.82) is 0 Å². The summed E-state index contributed by atoms with van der Waals surface area (Å²) in [5.74, 6) is -0.243. The molecule has 0 spiro atoms. The van der Waals surface area contributed by atoms with E-state index < -0.39 is 5.97 Å². The van der Waals surface area contributed by atoms with E-state index in [9.17, 15) is 4.79 Å². The number of hydrogen-bond donors (Lipinski definition) is 1. The molecule has 1 unspecified atom stereocenters. The van der Waals surface area contributed by atoms with E-state index in [0.29, 0.717) is 22.8 Å². The molecule has 0 aliphatic carbocycles. The van der Waals surface area contributed by atoms with Gasteiger partial charge in [0.05, 0.1) is 7.11 Å². The van der Waals surface area contributed by atoms with Gasteiger partial charge in [0.25, 0.3) is 0 Å². The minimum absolute atomic E-state index is 0.107. The van der Waals surface area contributed by atoms with Crippen LogP contribution in [0.3, 0.4) is 0 Å². The van der Waals surface area contributed by atoms with Crippen LogP contribution in [0.1, 0.15) is 17.0 Å². The van der Waals surface area contributed by atoms with Gasteiger partial charge in [-0.3, -0.25) is 0 Å². The van der Waals surface area contributed by atoms with Crippen LogP contribution < -0.4 is 9.47 Å². The highest BCUT2D eigenvalue weighted by Crippen LogP contribution is 2.38. The molecule has 7 heteroatoms. The first-order chi connectivity index (χ1) is 11.1. The fraction of sp³-hybridized carbons (Fsp3) is 0.375. The number of para-hydroxylation sites is 1. The Kier molecular flexibility index (Phi) is 4.20. The standard InChI is InChI=1S/C16H18N2O5/c1-18-7-6-10(9-18)22-13-5-3-4-11(15(13)21-2)12-8-14(16(19)20)23-17-12/h3-5,8,10H,6-7,9H2,1-2H3,(H,19,20). The number of benzene rings is 1. The van der Waals surface area contributed by atoms with E-state index >= 15 is 0 Å². The number of ether oxygens (including phenoxy) is 2. The van der Waals surface area contributed by atoms with E-state index in [1.54, 1.807) is 13.2 Å². The van der Waals surface area contributed by atoms with Gasteiger partial charge in [-0.2, -0.15) is 0 Å². The van der Waals surface area contributed by atoms with Crippen molar-refractivity contribution in [2.75, 3.05) is 27.2 Å². The maximum absolute atomic E-state index is 10.9. The molecule has 122 valence electrons. The first-order valence-electron chi connectivity index (χ1n) is 7.31. The zero-order valence-corrected chi connectivity index (χ0v) is 13.0. The second-order valence-corrected chi connectivity index (χ2v) is 5.51. The minimum Gasteiger partial charge on any atom is -0.492 e.